The lowest BCUT2D eigenvalue weighted by atomic mass is 9.87. The largest absolute Gasteiger partial charge is 0.481 e. The van der Waals surface area contributed by atoms with Crippen molar-refractivity contribution >= 4 is 52.2 Å². The molecule has 0 bridgehead atoms. The number of thiophene rings is 1. The van der Waals surface area contributed by atoms with E-state index in [1.807, 2.05) is 0 Å². The summed E-state index contributed by atoms with van der Waals surface area (Å²) in [7, 11) is 0. The van der Waals surface area contributed by atoms with Gasteiger partial charge in [-0.1, -0.05) is 23.2 Å². The molecule has 2 rings (SSSR count). The van der Waals surface area contributed by atoms with E-state index >= 15 is 0 Å². The Labute approximate surface area is 146 Å². The van der Waals surface area contributed by atoms with E-state index in [9.17, 15) is 19.5 Å². The highest BCUT2D eigenvalue weighted by Gasteiger charge is 2.42. The van der Waals surface area contributed by atoms with Gasteiger partial charge < -0.3 is 15.2 Å². The summed E-state index contributed by atoms with van der Waals surface area (Å²) in [5, 5.41) is 11.8. The van der Waals surface area contributed by atoms with Crippen LogP contribution in [0.3, 0.4) is 0 Å². The summed E-state index contributed by atoms with van der Waals surface area (Å²) in [6.07, 6.45) is 0.291. The second-order valence-electron chi connectivity index (χ2n) is 5.33. The van der Waals surface area contributed by atoms with Crippen molar-refractivity contribution in [1.29, 1.82) is 0 Å². The van der Waals surface area contributed by atoms with E-state index in [4.69, 9.17) is 27.9 Å². The van der Waals surface area contributed by atoms with Crippen LogP contribution in [0, 0.1) is 5.41 Å². The molecule has 1 fully saturated rings. The minimum absolute atomic E-state index is 0.0135. The highest BCUT2D eigenvalue weighted by atomic mass is 35.5. The summed E-state index contributed by atoms with van der Waals surface area (Å²) in [6, 6.07) is 1.48. The zero-order valence-electron chi connectivity index (χ0n) is 12.1. The van der Waals surface area contributed by atoms with Crippen molar-refractivity contribution in [3.8, 4) is 0 Å². The topological polar surface area (TPSA) is 92.7 Å². The number of amides is 1. The number of ether oxygens (including phenoxy) is 1. The van der Waals surface area contributed by atoms with Crippen LogP contribution in [0.25, 0.3) is 0 Å². The molecule has 0 aromatic carbocycles. The van der Waals surface area contributed by atoms with E-state index < -0.39 is 11.4 Å². The van der Waals surface area contributed by atoms with Gasteiger partial charge in [0.25, 0.3) is 0 Å². The SMILES string of the molecule is O=C(CCC(=O)c1cc(Cl)sc1Cl)NCC1(C(=O)O)CCOC1. The predicted molar refractivity (Wildman–Crippen MR) is 86.4 cm³/mol. The molecule has 1 aromatic rings. The third kappa shape index (κ3) is 4.44. The molecule has 1 saturated heterocycles. The third-order valence-electron chi connectivity index (χ3n) is 3.72. The Morgan fingerprint density at radius 3 is 2.61 bits per heavy atom. The van der Waals surface area contributed by atoms with Gasteiger partial charge >= 0.3 is 5.97 Å². The molecule has 6 nitrogen and oxygen atoms in total. The van der Waals surface area contributed by atoms with Crippen LogP contribution in [0.4, 0.5) is 0 Å². The van der Waals surface area contributed by atoms with E-state index in [2.05, 4.69) is 5.32 Å². The summed E-state index contributed by atoms with van der Waals surface area (Å²) in [5.74, 6) is -1.65. The van der Waals surface area contributed by atoms with Gasteiger partial charge in [0.2, 0.25) is 5.91 Å². The zero-order chi connectivity index (χ0) is 17.0. The number of nitrogens with one attached hydrogen (secondary N) is 1. The maximum absolute atomic E-state index is 12.0. The number of aliphatic carboxylic acids is 1. The minimum atomic E-state index is -1.08. The molecular formula is C14H15Cl2NO5S. The zero-order valence-corrected chi connectivity index (χ0v) is 14.4. The minimum Gasteiger partial charge on any atom is -0.481 e. The number of carboxylic acid groups (broad SMARTS) is 1. The molecule has 0 radical (unpaired) electrons. The molecule has 0 saturated carbocycles. The molecule has 23 heavy (non-hydrogen) atoms. The normalized spacial score (nSPS) is 20.4. The number of carbonyl (C=O) groups excluding carboxylic acids is 2. The smallest absolute Gasteiger partial charge is 0.313 e. The van der Waals surface area contributed by atoms with E-state index in [0.717, 1.165) is 11.3 Å². The molecule has 9 heteroatoms. The van der Waals surface area contributed by atoms with Gasteiger partial charge in [-0.3, -0.25) is 14.4 Å². The first-order chi connectivity index (χ1) is 10.8. The summed E-state index contributed by atoms with van der Waals surface area (Å²) in [6.45, 7) is 0.420. The number of carbonyl (C=O) groups is 3. The second-order valence-corrected chi connectivity index (χ2v) is 7.61. The monoisotopic (exact) mass is 379 g/mol. The van der Waals surface area contributed by atoms with E-state index in [1.165, 1.54) is 6.07 Å². The molecule has 2 heterocycles. The highest BCUT2D eigenvalue weighted by Crippen LogP contribution is 2.32. The van der Waals surface area contributed by atoms with Gasteiger partial charge in [-0.2, -0.15) is 0 Å². The first kappa shape index (κ1) is 18.2. The number of hydrogen-bond donors (Lipinski definition) is 2. The lowest BCUT2D eigenvalue weighted by Gasteiger charge is -2.22. The maximum Gasteiger partial charge on any atom is 0.313 e. The Balaban J connectivity index is 1.82. The van der Waals surface area contributed by atoms with Gasteiger partial charge in [0.15, 0.2) is 5.78 Å². The number of carboxylic acids is 1. The fourth-order valence-corrected chi connectivity index (χ4v) is 3.74. The first-order valence-electron chi connectivity index (χ1n) is 6.90. The molecule has 1 amide bonds. The van der Waals surface area contributed by atoms with Crippen LogP contribution >= 0.6 is 34.5 Å². The molecule has 1 unspecified atom stereocenters. The van der Waals surface area contributed by atoms with Crippen molar-refractivity contribution < 1.29 is 24.2 Å². The molecule has 0 spiro atoms. The fraction of sp³-hybridized carbons (Fsp3) is 0.500. The van der Waals surface area contributed by atoms with Crippen LogP contribution in [0.1, 0.15) is 29.6 Å². The second kappa shape index (κ2) is 7.61. The molecular weight excluding hydrogens is 365 g/mol. The number of Topliss-reactive ketones (excluding diaryl/α,β-unsaturated/α-hetero) is 1. The highest BCUT2D eigenvalue weighted by molar-refractivity contribution is 7.20. The molecule has 1 atom stereocenters. The van der Waals surface area contributed by atoms with E-state index in [0.29, 0.717) is 27.3 Å². The summed E-state index contributed by atoms with van der Waals surface area (Å²) in [5.41, 5.74) is -0.773. The van der Waals surface area contributed by atoms with Crippen molar-refractivity contribution in [1.82, 2.24) is 5.32 Å². The molecule has 2 N–H and O–H groups in total. The number of ketones is 1. The Morgan fingerprint density at radius 1 is 1.35 bits per heavy atom. The van der Waals surface area contributed by atoms with Gasteiger partial charge in [-0.25, -0.2) is 0 Å². The molecule has 0 aliphatic carbocycles. The Morgan fingerprint density at radius 2 is 2.09 bits per heavy atom. The van der Waals surface area contributed by atoms with Crippen LogP contribution in [-0.4, -0.2) is 42.5 Å². The van der Waals surface area contributed by atoms with Gasteiger partial charge in [-0.05, 0) is 12.5 Å². The van der Waals surface area contributed by atoms with Crippen LogP contribution in [0.5, 0.6) is 0 Å². The number of rotatable bonds is 7. The molecule has 1 aliphatic rings. The van der Waals surface area contributed by atoms with Crippen molar-refractivity contribution in [3.05, 3.63) is 20.3 Å². The van der Waals surface area contributed by atoms with Crippen LogP contribution in [0.2, 0.25) is 8.67 Å². The lowest BCUT2D eigenvalue weighted by molar-refractivity contribution is -0.148. The Hall–Kier alpha value is -1.15. The molecule has 126 valence electrons. The summed E-state index contributed by atoms with van der Waals surface area (Å²) >= 11 is 12.8. The van der Waals surface area contributed by atoms with Crippen LogP contribution in [-0.2, 0) is 14.3 Å². The van der Waals surface area contributed by atoms with E-state index in [1.54, 1.807) is 0 Å². The fourth-order valence-electron chi connectivity index (χ4n) is 2.24. The predicted octanol–water partition coefficient (Wildman–Crippen LogP) is 2.63. The number of halogens is 2. The standard InChI is InChI=1S/C14H15Cl2NO5S/c15-10-5-8(12(16)23-10)9(18)1-2-11(19)17-6-14(13(20)21)3-4-22-7-14/h5H,1-4,6-7H2,(H,17,19)(H,20,21). The molecule has 1 aromatic heterocycles. The summed E-state index contributed by atoms with van der Waals surface area (Å²) in [4.78, 5) is 35.1. The van der Waals surface area contributed by atoms with Crippen molar-refractivity contribution in [2.75, 3.05) is 19.8 Å². The average Bonchev–Trinajstić information content (AvgIpc) is 3.10. The molecule has 1 aliphatic heterocycles. The Bertz CT molecular complexity index is 625. The van der Waals surface area contributed by atoms with E-state index in [-0.39, 0.29) is 37.7 Å². The lowest BCUT2D eigenvalue weighted by Crippen LogP contribution is -2.43. The third-order valence-corrected chi connectivity index (χ3v) is 5.20. The van der Waals surface area contributed by atoms with Gasteiger partial charge in [0, 0.05) is 31.6 Å². The van der Waals surface area contributed by atoms with Gasteiger partial charge in [0.05, 0.1) is 10.9 Å². The van der Waals surface area contributed by atoms with Crippen LogP contribution < -0.4 is 5.32 Å². The number of hydrogen-bond acceptors (Lipinski definition) is 5. The first-order valence-corrected chi connectivity index (χ1v) is 8.47. The quantitative estimate of drug-likeness (QED) is 0.710. The van der Waals surface area contributed by atoms with Gasteiger partial charge in [0.1, 0.15) is 9.75 Å². The average molecular weight is 380 g/mol. The van der Waals surface area contributed by atoms with Gasteiger partial charge in [-0.15, -0.1) is 11.3 Å². The van der Waals surface area contributed by atoms with Crippen LogP contribution in [0.15, 0.2) is 6.07 Å². The van der Waals surface area contributed by atoms with Crippen molar-refractivity contribution in [2.45, 2.75) is 19.3 Å². The summed E-state index contributed by atoms with van der Waals surface area (Å²) < 4.78 is 5.82. The van der Waals surface area contributed by atoms with Crippen molar-refractivity contribution in [2.24, 2.45) is 5.41 Å². The Kier molecular flexibility index (Phi) is 6.02. The van der Waals surface area contributed by atoms with Crippen molar-refractivity contribution in [3.63, 3.8) is 0 Å². The maximum atomic E-state index is 12.0.